The van der Waals surface area contributed by atoms with E-state index in [0.29, 0.717) is 0 Å². The Hall–Kier alpha value is -3.55. The van der Waals surface area contributed by atoms with Gasteiger partial charge in [0.15, 0.2) is 0 Å². The Morgan fingerprint density at radius 3 is 2.10 bits per heavy atom. The normalized spacial score (nSPS) is 11.5. The van der Waals surface area contributed by atoms with Crippen molar-refractivity contribution in [3.8, 4) is 22.3 Å². The van der Waals surface area contributed by atoms with Crippen molar-refractivity contribution in [3.63, 3.8) is 0 Å². The van der Waals surface area contributed by atoms with Crippen molar-refractivity contribution in [2.45, 2.75) is 0 Å². The lowest BCUT2D eigenvalue weighted by Crippen LogP contribution is -1.87. The van der Waals surface area contributed by atoms with Crippen LogP contribution in [0.3, 0.4) is 0 Å². The number of halogens is 1. The number of rotatable bonds is 2. The molecule has 0 fully saturated rings. The monoisotopic (exact) mass is 403 g/mol. The lowest BCUT2D eigenvalue weighted by Gasteiger charge is -2.13. The number of aromatic amines is 1. The van der Waals surface area contributed by atoms with Crippen molar-refractivity contribution in [2.75, 3.05) is 0 Å². The average molecular weight is 404 g/mol. The van der Waals surface area contributed by atoms with E-state index in [9.17, 15) is 0 Å². The van der Waals surface area contributed by atoms with E-state index in [1.807, 2.05) is 18.2 Å². The van der Waals surface area contributed by atoms with Crippen LogP contribution in [0.15, 0.2) is 103 Å². The number of H-pyrrole nitrogens is 1. The maximum absolute atomic E-state index is 6.58. The minimum atomic E-state index is 0.769. The van der Waals surface area contributed by atoms with Crippen molar-refractivity contribution in [3.05, 3.63) is 108 Å². The highest BCUT2D eigenvalue weighted by molar-refractivity contribution is 6.34. The molecule has 0 atom stereocenters. The Morgan fingerprint density at radius 2 is 1.23 bits per heavy atom. The summed E-state index contributed by atoms with van der Waals surface area (Å²) in [5.41, 5.74) is 6.94. The van der Waals surface area contributed by atoms with Crippen LogP contribution in [-0.4, -0.2) is 4.98 Å². The lowest BCUT2D eigenvalue weighted by molar-refractivity contribution is 1.54. The zero-order chi connectivity index (χ0) is 20.1. The molecule has 5 aromatic carbocycles. The lowest BCUT2D eigenvalue weighted by atomic mass is 9.91. The second-order valence-corrected chi connectivity index (χ2v) is 8.03. The van der Waals surface area contributed by atoms with Gasteiger partial charge in [-0.3, -0.25) is 0 Å². The van der Waals surface area contributed by atoms with Gasteiger partial charge in [-0.2, -0.15) is 0 Å². The molecule has 0 unspecified atom stereocenters. The van der Waals surface area contributed by atoms with Gasteiger partial charge in [0, 0.05) is 32.4 Å². The number of hydrogen-bond acceptors (Lipinski definition) is 0. The van der Waals surface area contributed by atoms with Crippen LogP contribution in [0.1, 0.15) is 0 Å². The van der Waals surface area contributed by atoms with E-state index in [4.69, 9.17) is 11.6 Å². The number of nitrogens with one attached hydrogen (secondary N) is 1. The third-order valence-corrected chi connectivity index (χ3v) is 6.22. The van der Waals surface area contributed by atoms with E-state index in [-0.39, 0.29) is 0 Å². The van der Waals surface area contributed by atoms with E-state index in [1.54, 1.807) is 0 Å². The smallest absolute Gasteiger partial charge is 0.0484 e. The predicted molar refractivity (Wildman–Crippen MR) is 129 cm³/mol. The number of aromatic nitrogens is 1. The van der Waals surface area contributed by atoms with Gasteiger partial charge in [0.1, 0.15) is 0 Å². The summed E-state index contributed by atoms with van der Waals surface area (Å²) in [6.45, 7) is 0. The number of hydrogen-bond donors (Lipinski definition) is 1. The minimum Gasteiger partial charge on any atom is -0.354 e. The first kappa shape index (κ1) is 17.3. The Morgan fingerprint density at radius 1 is 0.533 bits per heavy atom. The van der Waals surface area contributed by atoms with Gasteiger partial charge in [-0.1, -0.05) is 96.5 Å². The molecule has 0 radical (unpaired) electrons. The molecule has 0 aliphatic heterocycles. The topological polar surface area (TPSA) is 15.8 Å². The zero-order valence-corrected chi connectivity index (χ0v) is 16.9. The summed E-state index contributed by atoms with van der Waals surface area (Å²) in [6, 6.07) is 36.1. The molecule has 1 aromatic heterocycles. The first-order valence-electron chi connectivity index (χ1n) is 10.1. The molecule has 0 saturated carbocycles. The fourth-order valence-corrected chi connectivity index (χ4v) is 4.75. The van der Waals surface area contributed by atoms with Gasteiger partial charge >= 0.3 is 0 Å². The SMILES string of the molecule is Clc1ccccc1-c1cccc2cccc(-c3ccc4c(c3)[nH]c3ccccc34)c12. The molecule has 0 bridgehead atoms. The Kier molecular flexibility index (Phi) is 3.90. The van der Waals surface area contributed by atoms with E-state index >= 15 is 0 Å². The van der Waals surface area contributed by atoms with Crippen LogP contribution in [0, 0.1) is 0 Å². The van der Waals surface area contributed by atoms with Gasteiger partial charge in [-0.05, 0) is 45.7 Å². The molecule has 0 aliphatic carbocycles. The van der Waals surface area contributed by atoms with Gasteiger partial charge in [0.2, 0.25) is 0 Å². The van der Waals surface area contributed by atoms with E-state index in [0.717, 1.165) is 21.7 Å². The maximum Gasteiger partial charge on any atom is 0.0484 e. The number of fused-ring (bicyclic) bond motifs is 4. The van der Waals surface area contributed by atoms with Crippen LogP contribution in [0.4, 0.5) is 0 Å². The summed E-state index contributed by atoms with van der Waals surface area (Å²) in [7, 11) is 0. The first-order valence-corrected chi connectivity index (χ1v) is 10.4. The Labute approximate surface area is 179 Å². The molecule has 2 heteroatoms. The number of benzene rings is 5. The van der Waals surface area contributed by atoms with Crippen LogP contribution in [0.2, 0.25) is 5.02 Å². The Balaban J connectivity index is 1.65. The molecule has 0 spiro atoms. The second-order valence-electron chi connectivity index (χ2n) is 7.62. The molecule has 0 aliphatic rings. The number of para-hydroxylation sites is 1. The molecule has 1 N–H and O–H groups in total. The fraction of sp³-hybridized carbons (Fsp3) is 0. The predicted octanol–water partition coefficient (Wildman–Crippen LogP) is 8.46. The molecule has 0 saturated heterocycles. The second kappa shape index (κ2) is 6.76. The zero-order valence-electron chi connectivity index (χ0n) is 16.2. The summed E-state index contributed by atoms with van der Waals surface area (Å²) in [4.78, 5) is 3.57. The standard InChI is InChI=1S/C28H18ClN/c29-25-13-3-1-9-21(25)24-12-6-8-18-7-5-11-20(28(18)24)19-15-16-23-22-10-2-4-14-26(22)30-27(23)17-19/h1-17,30H. The van der Waals surface area contributed by atoms with Gasteiger partial charge in [0.25, 0.3) is 0 Å². The van der Waals surface area contributed by atoms with Crippen LogP contribution < -0.4 is 0 Å². The summed E-state index contributed by atoms with van der Waals surface area (Å²) in [5, 5.41) is 5.71. The molecule has 6 aromatic rings. The molecule has 142 valence electrons. The van der Waals surface area contributed by atoms with Crippen LogP contribution in [0.25, 0.3) is 54.8 Å². The van der Waals surface area contributed by atoms with Gasteiger partial charge in [-0.25, -0.2) is 0 Å². The molecular weight excluding hydrogens is 386 g/mol. The van der Waals surface area contributed by atoms with Gasteiger partial charge in [0.05, 0.1) is 0 Å². The van der Waals surface area contributed by atoms with Crippen LogP contribution >= 0.6 is 11.6 Å². The van der Waals surface area contributed by atoms with Crippen molar-refractivity contribution in [2.24, 2.45) is 0 Å². The Bertz CT molecular complexity index is 1550. The van der Waals surface area contributed by atoms with Crippen molar-refractivity contribution < 1.29 is 0 Å². The highest BCUT2D eigenvalue weighted by atomic mass is 35.5. The van der Waals surface area contributed by atoms with Gasteiger partial charge < -0.3 is 4.98 Å². The first-order chi connectivity index (χ1) is 14.8. The van der Waals surface area contributed by atoms with Crippen molar-refractivity contribution >= 4 is 44.2 Å². The minimum absolute atomic E-state index is 0.769. The van der Waals surface area contributed by atoms with Gasteiger partial charge in [-0.15, -0.1) is 0 Å². The van der Waals surface area contributed by atoms with E-state index in [1.165, 1.54) is 38.2 Å². The summed E-state index contributed by atoms with van der Waals surface area (Å²) in [6.07, 6.45) is 0. The highest BCUT2D eigenvalue weighted by Gasteiger charge is 2.13. The van der Waals surface area contributed by atoms with Crippen LogP contribution in [-0.2, 0) is 0 Å². The van der Waals surface area contributed by atoms with E-state index in [2.05, 4.69) is 89.9 Å². The molecule has 6 rings (SSSR count). The van der Waals surface area contributed by atoms with Crippen molar-refractivity contribution in [1.29, 1.82) is 0 Å². The largest absolute Gasteiger partial charge is 0.354 e. The fourth-order valence-electron chi connectivity index (χ4n) is 4.51. The highest BCUT2D eigenvalue weighted by Crippen LogP contribution is 2.40. The molecular formula is C28H18ClN. The third kappa shape index (κ3) is 2.63. The molecule has 30 heavy (non-hydrogen) atoms. The van der Waals surface area contributed by atoms with E-state index < -0.39 is 0 Å². The third-order valence-electron chi connectivity index (χ3n) is 5.89. The van der Waals surface area contributed by atoms with Crippen LogP contribution in [0.5, 0.6) is 0 Å². The summed E-state index contributed by atoms with van der Waals surface area (Å²) >= 11 is 6.58. The summed E-state index contributed by atoms with van der Waals surface area (Å²) < 4.78 is 0. The molecule has 1 nitrogen and oxygen atoms in total. The average Bonchev–Trinajstić information content (AvgIpc) is 3.16. The van der Waals surface area contributed by atoms with Crippen molar-refractivity contribution in [1.82, 2.24) is 4.98 Å². The summed E-state index contributed by atoms with van der Waals surface area (Å²) in [5.74, 6) is 0. The quantitative estimate of drug-likeness (QED) is 0.298. The maximum atomic E-state index is 6.58. The molecule has 1 heterocycles. The molecule has 0 amide bonds.